The van der Waals surface area contributed by atoms with E-state index in [9.17, 15) is 0 Å². The monoisotopic (exact) mass is 195 g/mol. The molecule has 0 atom stereocenters. The zero-order valence-corrected chi connectivity index (χ0v) is 8.58. The normalized spacial score (nSPS) is 17.4. The highest BCUT2D eigenvalue weighted by molar-refractivity contribution is 5.29. The van der Waals surface area contributed by atoms with Crippen LogP contribution in [0.15, 0.2) is 0 Å². The second kappa shape index (κ2) is 4.41. The third-order valence-corrected chi connectivity index (χ3v) is 2.41. The lowest BCUT2D eigenvalue weighted by atomic mass is 10.3. The molecule has 0 unspecified atom stereocenters. The van der Waals surface area contributed by atoms with Crippen LogP contribution in [0.25, 0.3) is 0 Å². The van der Waals surface area contributed by atoms with E-state index in [1.165, 1.54) is 0 Å². The molecule has 1 saturated heterocycles. The van der Waals surface area contributed by atoms with E-state index in [4.69, 9.17) is 0 Å². The van der Waals surface area contributed by atoms with Crippen LogP contribution >= 0.6 is 0 Å². The molecule has 0 amide bonds. The third kappa shape index (κ3) is 2.04. The van der Waals surface area contributed by atoms with Crippen LogP contribution in [0, 0.1) is 0 Å². The Kier molecular flexibility index (Phi) is 2.98. The van der Waals surface area contributed by atoms with Gasteiger partial charge < -0.3 is 10.2 Å². The lowest BCUT2D eigenvalue weighted by molar-refractivity contribution is 0.580. The zero-order valence-electron chi connectivity index (χ0n) is 8.58. The standard InChI is InChI=1S/C9H17N5/c1-2-3-8-11-9(13-12-8)14-6-4-10-5-7-14/h10H,2-7H2,1H3,(H,11,12,13). The molecule has 1 aliphatic heterocycles. The molecule has 0 saturated carbocycles. The molecule has 1 aliphatic rings. The fourth-order valence-electron chi connectivity index (χ4n) is 1.64. The maximum atomic E-state index is 4.46. The molecule has 1 aromatic rings. The summed E-state index contributed by atoms with van der Waals surface area (Å²) < 4.78 is 0. The minimum Gasteiger partial charge on any atom is -0.337 e. The van der Waals surface area contributed by atoms with Gasteiger partial charge in [0, 0.05) is 32.6 Å². The molecule has 0 aliphatic carbocycles. The van der Waals surface area contributed by atoms with Crippen LogP contribution < -0.4 is 10.2 Å². The van der Waals surface area contributed by atoms with E-state index in [2.05, 4.69) is 32.3 Å². The summed E-state index contributed by atoms with van der Waals surface area (Å²) in [6.07, 6.45) is 2.09. The number of nitrogens with one attached hydrogen (secondary N) is 2. The third-order valence-electron chi connectivity index (χ3n) is 2.41. The highest BCUT2D eigenvalue weighted by atomic mass is 15.4. The van der Waals surface area contributed by atoms with E-state index in [1.54, 1.807) is 0 Å². The van der Waals surface area contributed by atoms with Crippen LogP contribution in [0.1, 0.15) is 19.2 Å². The number of piperazine rings is 1. The molecule has 1 fully saturated rings. The minimum atomic E-state index is 0.856. The summed E-state index contributed by atoms with van der Waals surface area (Å²) >= 11 is 0. The Bertz CT molecular complexity index is 276. The molecule has 1 aromatic heterocycles. The number of aryl methyl sites for hydroxylation is 1. The van der Waals surface area contributed by atoms with Gasteiger partial charge in [-0.05, 0) is 6.42 Å². The van der Waals surface area contributed by atoms with Crippen molar-refractivity contribution in [3.63, 3.8) is 0 Å². The van der Waals surface area contributed by atoms with Gasteiger partial charge in [0.05, 0.1) is 0 Å². The molecule has 78 valence electrons. The summed E-state index contributed by atoms with van der Waals surface area (Å²) in [5.41, 5.74) is 0. The molecular weight excluding hydrogens is 178 g/mol. The smallest absolute Gasteiger partial charge is 0.244 e. The first-order chi connectivity index (χ1) is 6.90. The summed E-state index contributed by atoms with van der Waals surface area (Å²) in [7, 11) is 0. The van der Waals surface area contributed by atoms with Crippen molar-refractivity contribution in [2.45, 2.75) is 19.8 Å². The van der Waals surface area contributed by atoms with Gasteiger partial charge in [-0.3, -0.25) is 5.10 Å². The second-order valence-electron chi connectivity index (χ2n) is 3.57. The Balaban J connectivity index is 2.00. The molecule has 0 aromatic carbocycles. The summed E-state index contributed by atoms with van der Waals surface area (Å²) in [5, 5.41) is 10.5. The lowest BCUT2D eigenvalue weighted by Crippen LogP contribution is -2.44. The van der Waals surface area contributed by atoms with Crippen molar-refractivity contribution >= 4 is 5.95 Å². The molecule has 2 rings (SSSR count). The number of aromatic amines is 1. The molecule has 2 N–H and O–H groups in total. The molecule has 14 heavy (non-hydrogen) atoms. The molecule has 5 nitrogen and oxygen atoms in total. The van der Waals surface area contributed by atoms with Gasteiger partial charge in [-0.2, -0.15) is 4.98 Å². The second-order valence-corrected chi connectivity index (χ2v) is 3.57. The number of H-pyrrole nitrogens is 1. The average molecular weight is 195 g/mol. The Hall–Kier alpha value is -1.10. The molecule has 2 heterocycles. The average Bonchev–Trinajstić information content (AvgIpc) is 2.68. The highest BCUT2D eigenvalue weighted by Gasteiger charge is 2.14. The van der Waals surface area contributed by atoms with Crippen molar-refractivity contribution < 1.29 is 0 Å². The summed E-state index contributed by atoms with van der Waals surface area (Å²) in [4.78, 5) is 6.67. The van der Waals surface area contributed by atoms with Crippen molar-refractivity contribution in [1.29, 1.82) is 0 Å². The first-order valence-corrected chi connectivity index (χ1v) is 5.27. The maximum Gasteiger partial charge on any atom is 0.244 e. The van der Waals surface area contributed by atoms with Gasteiger partial charge in [0.1, 0.15) is 5.82 Å². The van der Waals surface area contributed by atoms with Gasteiger partial charge in [0.25, 0.3) is 0 Å². The number of rotatable bonds is 3. The van der Waals surface area contributed by atoms with Crippen LogP contribution in [0.5, 0.6) is 0 Å². The number of nitrogens with zero attached hydrogens (tertiary/aromatic N) is 3. The number of aromatic nitrogens is 3. The van der Waals surface area contributed by atoms with Crippen LogP contribution in [0.2, 0.25) is 0 Å². The Labute approximate surface area is 83.9 Å². The number of hydrogen-bond acceptors (Lipinski definition) is 4. The van der Waals surface area contributed by atoms with Crippen LogP contribution in [0.4, 0.5) is 5.95 Å². The zero-order chi connectivity index (χ0) is 9.80. The van der Waals surface area contributed by atoms with E-state index in [-0.39, 0.29) is 0 Å². The first-order valence-electron chi connectivity index (χ1n) is 5.27. The largest absolute Gasteiger partial charge is 0.337 e. The van der Waals surface area contributed by atoms with Gasteiger partial charge >= 0.3 is 0 Å². The molecule has 0 radical (unpaired) electrons. The molecule has 0 bridgehead atoms. The van der Waals surface area contributed by atoms with Gasteiger partial charge in [-0.1, -0.05) is 6.92 Å². The molecule has 0 spiro atoms. The quantitative estimate of drug-likeness (QED) is 0.721. The summed E-state index contributed by atoms with van der Waals surface area (Å²) in [6.45, 7) is 6.20. The van der Waals surface area contributed by atoms with E-state index < -0.39 is 0 Å². The van der Waals surface area contributed by atoms with E-state index in [0.29, 0.717) is 0 Å². The minimum absolute atomic E-state index is 0.856. The topological polar surface area (TPSA) is 56.8 Å². The van der Waals surface area contributed by atoms with E-state index in [0.717, 1.165) is 50.8 Å². The SMILES string of the molecule is CCCc1nc(N2CCNCC2)n[nH]1. The van der Waals surface area contributed by atoms with Gasteiger partial charge in [-0.15, -0.1) is 5.10 Å². The Morgan fingerprint density at radius 1 is 1.36 bits per heavy atom. The first kappa shape index (κ1) is 9.45. The molecule has 5 heteroatoms. The van der Waals surface area contributed by atoms with Crippen molar-refractivity contribution in [1.82, 2.24) is 20.5 Å². The highest BCUT2D eigenvalue weighted by Crippen LogP contribution is 2.08. The molecular formula is C9H17N5. The predicted molar refractivity (Wildman–Crippen MR) is 55.5 cm³/mol. The van der Waals surface area contributed by atoms with Crippen LogP contribution in [-0.2, 0) is 6.42 Å². The summed E-state index contributed by atoms with van der Waals surface area (Å²) in [5.74, 6) is 1.86. The number of anilines is 1. The van der Waals surface area contributed by atoms with E-state index in [1.807, 2.05) is 0 Å². The Morgan fingerprint density at radius 2 is 2.14 bits per heavy atom. The predicted octanol–water partition coefficient (Wildman–Crippen LogP) is 0.167. The summed E-state index contributed by atoms with van der Waals surface area (Å²) in [6, 6.07) is 0. The maximum absolute atomic E-state index is 4.46. The van der Waals surface area contributed by atoms with Crippen LogP contribution in [-0.4, -0.2) is 41.4 Å². The van der Waals surface area contributed by atoms with Gasteiger partial charge in [0.2, 0.25) is 5.95 Å². The van der Waals surface area contributed by atoms with Crippen molar-refractivity contribution in [2.24, 2.45) is 0 Å². The lowest BCUT2D eigenvalue weighted by Gasteiger charge is -2.25. The van der Waals surface area contributed by atoms with Crippen molar-refractivity contribution in [3.8, 4) is 0 Å². The van der Waals surface area contributed by atoms with Crippen molar-refractivity contribution in [3.05, 3.63) is 5.82 Å². The Morgan fingerprint density at radius 3 is 2.86 bits per heavy atom. The van der Waals surface area contributed by atoms with E-state index >= 15 is 0 Å². The number of hydrogen-bond donors (Lipinski definition) is 2. The van der Waals surface area contributed by atoms with Gasteiger partial charge in [-0.25, -0.2) is 0 Å². The van der Waals surface area contributed by atoms with Crippen molar-refractivity contribution in [2.75, 3.05) is 31.1 Å². The van der Waals surface area contributed by atoms with Gasteiger partial charge in [0.15, 0.2) is 0 Å². The fourth-order valence-corrected chi connectivity index (χ4v) is 1.64. The fraction of sp³-hybridized carbons (Fsp3) is 0.778. The van der Waals surface area contributed by atoms with Crippen LogP contribution in [0.3, 0.4) is 0 Å².